The lowest BCUT2D eigenvalue weighted by molar-refractivity contribution is -0.150. The van der Waals surface area contributed by atoms with E-state index in [-0.39, 0.29) is 5.75 Å². The zero-order valence-corrected chi connectivity index (χ0v) is 18.1. The third kappa shape index (κ3) is 3.02. The van der Waals surface area contributed by atoms with E-state index in [1.807, 2.05) is 19.1 Å². The number of anilines is 1. The van der Waals surface area contributed by atoms with Gasteiger partial charge in [0.1, 0.15) is 5.75 Å². The number of phenols is 1. The molecule has 0 saturated carbocycles. The number of nitrogens with one attached hydrogen (secondary N) is 1. The third-order valence-electron chi connectivity index (χ3n) is 6.76. The van der Waals surface area contributed by atoms with E-state index >= 15 is 0 Å². The van der Waals surface area contributed by atoms with E-state index in [1.54, 1.807) is 38.1 Å². The summed E-state index contributed by atoms with van der Waals surface area (Å²) >= 11 is 0. The number of amides is 2. The Morgan fingerprint density at radius 3 is 2.19 bits per heavy atom. The second kappa shape index (κ2) is 7.72. The van der Waals surface area contributed by atoms with Crippen LogP contribution in [0.15, 0.2) is 36.4 Å². The summed E-state index contributed by atoms with van der Waals surface area (Å²) in [5, 5.41) is 33.2. The van der Waals surface area contributed by atoms with Crippen LogP contribution in [-0.4, -0.2) is 45.2 Å². The van der Waals surface area contributed by atoms with Gasteiger partial charge >= 0.3 is 5.97 Å². The molecule has 2 saturated heterocycles. The van der Waals surface area contributed by atoms with Gasteiger partial charge in [0.25, 0.3) is 0 Å². The lowest BCUT2D eigenvalue weighted by atomic mass is 9.79. The van der Waals surface area contributed by atoms with Crippen molar-refractivity contribution in [2.24, 2.45) is 11.8 Å². The number of carbonyl (C=O) groups excluding carboxylic acids is 2. The number of aliphatic carboxylic acids is 1. The number of hydrogen-bond acceptors (Lipinski definition) is 6. The first-order valence-electron chi connectivity index (χ1n) is 10.5. The van der Waals surface area contributed by atoms with Crippen LogP contribution >= 0.6 is 0 Å². The molecule has 0 spiro atoms. The predicted molar refractivity (Wildman–Crippen MR) is 116 cm³/mol. The molecule has 0 aromatic heterocycles. The first-order chi connectivity index (χ1) is 15.2. The van der Waals surface area contributed by atoms with Crippen molar-refractivity contribution in [3.05, 3.63) is 58.7 Å². The maximum absolute atomic E-state index is 13.5. The number of aliphatic hydroxyl groups is 1. The van der Waals surface area contributed by atoms with E-state index in [4.69, 9.17) is 0 Å². The van der Waals surface area contributed by atoms with Gasteiger partial charge in [-0.2, -0.15) is 0 Å². The van der Waals surface area contributed by atoms with Crippen LogP contribution in [0, 0.1) is 25.7 Å². The zero-order valence-electron chi connectivity index (χ0n) is 18.1. The molecule has 8 heteroatoms. The number of carbonyl (C=O) groups is 3. The van der Waals surface area contributed by atoms with E-state index < -0.39 is 47.8 Å². The number of nitrogens with zero attached hydrogens (tertiary/aromatic N) is 1. The largest absolute Gasteiger partial charge is 0.507 e. The van der Waals surface area contributed by atoms with Gasteiger partial charge in [-0.3, -0.25) is 19.7 Å². The molecule has 2 aromatic rings. The van der Waals surface area contributed by atoms with Gasteiger partial charge in [-0.15, -0.1) is 0 Å². The number of aromatic hydroxyl groups is 1. The molecule has 4 unspecified atom stereocenters. The maximum atomic E-state index is 13.5. The average molecular weight is 438 g/mol. The third-order valence-corrected chi connectivity index (χ3v) is 6.76. The summed E-state index contributed by atoms with van der Waals surface area (Å²) in [6.45, 7) is 4.56. The summed E-state index contributed by atoms with van der Waals surface area (Å²) in [6.07, 6.45) is 0.797. The van der Waals surface area contributed by atoms with Crippen molar-refractivity contribution >= 4 is 23.5 Å². The molecule has 2 fully saturated rings. The molecule has 4 N–H and O–H groups in total. The Kier molecular flexibility index (Phi) is 5.30. The second-order valence-electron chi connectivity index (χ2n) is 8.60. The van der Waals surface area contributed by atoms with Crippen molar-refractivity contribution in [1.29, 1.82) is 0 Å². The standard InChI is InChI=1S/C24H26N2O6/c1-4-14-5-7-16(8-6-14)26-21(29)17-18(22(26)30)24(11-27,23(31)32)25-19(17)15-9-12(2)20(28)13(3)10-15/h5-10,17-19,25,27-28H,4,11H2,1-3H3,(H,31,32). The highest BCUT2D eigenvalue weighted by Crippen LogP contribution is 2.50. The summed E-state index contributed by atoms with van der Waals surface area (Å²) in [4.78, 5) is 40.3. The molecular formula is C24H26N2O6. The first-order valence-corrected chi connectivity index (χ1v) is 10.5. The molecule has 8 nitrogen and oxygen atoms in total. The van der Waals surface area contributed by atoms with E-state index in [0.29, 0.717) is 22.4 Å². The fourth-order valence-corrected chi connectivity index (χ4v) is 5.00. The van der Waals surface area contributed by atoms with E-state index in [9.17, 15) is 29.7 Å². The van der Waals surface area contributed by atoms with Crippen molar-refractivity contribution in [2.45, 2.75) is 38.8 Å². The molecule has 4 atom stereocenters. The number of hydrogen-bond donors (Lipinski definition) is 4. The van der Waals surface area contributed by atoms with Gasteiger partial charge < -0.3 is 15.3 Å². The lowest BCUT2D eigenvalue weighted by Gasteiger charge is -2.29. The molecule has 168 valence electrons. The average Bonchev–Trinajstić information content (AvgIpc) is 3.26. The van der Waals surface area contributed by atoms with Crippen LogP contribution < -0.4 is 10.2 Å². The van der Waals surface area contributed by atoms with Crippen LogP contribution in [0.25, 0.3) is 0 Å². The molecule has 2 amide bonds. The Bertz CT molecular complexity index is 1090. The molecule has 0 bridgehead atoms. The van der Waals surface area contributed by atoms with E-state index in [2.05, 4.69) is 5.32 Å². The van der Waals surface area contributed by atoms with Crippen molar-refractivity contribution in [3.63, 3.8) is 0 Å². The van der Waals surface area contributed by atoms with Crippen LogP contribution in [0.5, 0.6) is 5.75 Å². The van der Waals surface area contributed by atoms with Crippen LogP contribution in [0.4, 0.5) is 5.69 Å². The number of fused-ring (bicyclic) bond motifs is 1. The molecule has 2 aliphatic rings. The number of imide groups is 1. The topological polar surface area (TPSA) is 127 Å². The van der Waals surface area contributed by atoms with Gasteiger partial charge in [0, 0.05) is 6.04 Å². The summed E-state index contributed by atoms with van der Waals surface area (Å²) in [6, 6.07) is 9.51. The zero-order chi connectivity index (χ0) is 23.4. The number of aliphatic hydroxyl groups excluding tert-OH is 1. The van der Waals surface area contributed by atoms with Gasteiger partial charge in [-0.05, 0) is 54.7 Å². The molecule has 2 aromatic carbocycles. The highest BCUT2D eigenvalue weighted by atomic mass is 16.4. The first kappa shape index (κ1) is 22.0. The molecule has 32 heavy (non-hydrogen) atoms. The van der Waals surface area contributed by atoms with Gasteiger partial charge in [0.15, 0.2) is 5.54 Å². The monoisotopic (exact) mass is 438 g/mol. The van der Waals surface area contributed by atoms with Crippen molar-refractivity contribution in [1.82, 2.24) is 5.32 Å². The highest BCUT2D eigenvalue weighted by molar-refractivity contribution is 6.24. The number of benzene rings is 2. The van der Waals surface area contributed by atoms with E-state index in [1.165, 1.54) is 0 Å². The molecule has 0 radical (unpaired) electrons. The maximum Gasteiger partial charge on any atom is 0.327 e. The van der Waals surface area contributed by atoms with Gasteiger partial charge in [-0.25, -0.2) is 4.90 Å². The minimum Gasteiger partial charge on any atom is -0.507 e. The normalized spacial score (nSPS) is 27.1. The van der Waals surface area contributed by atoms with Crippen LogP contribution in [0.1, 0.15) is 35.2 Å². The Morgan fingerprint density at radius 1 is 1.09 bits per heavy atom. The minimum absolute atomic E-state index is 0.112. The molecule has 4 rings (SSSR count). The number of carboxylic acids is 1. The molecule has 2 aliphatic heterocycles. The Labute approximate surface area is 185 Å². The second-order valence-corrected chi connectivity index (χ2v) is 8.60. The SMILES string of the molecule is CCc1ccc(N2C(=O)C3C(c4cc(C)c(O)c(C)c4)NC(CO)(C(=O)O)C3C2=O)cc1. The minimum atomic E-state index is -2.00. The van der Waals surface area contributed by atoms with Crippen molar-refractivity contribution < 1.29 is 29.7 Å². The highest BCUT2D eigenvalue weighted by Gasteiger charge is 2.68. The molecule has 0 aliphatic carbocycles. The lowest BCUT2D eigenvalue weighted by Crippen LogP contribution is -2.58. The smallest absolute Gasteiger partial charge is 0.327 e. The summed E-state index contributed by atoms with van der Waals surface area (Å²) < 4.78 is 0. The van der Waals surface area contributed by atoms with Crippen LogP contribution in [0.2, 0.25) is 0 Å². The molecule has 2 heterocycles. The van der Waals surface area contributed by atoms with Crippen molar-refractivity contribution in [3.8, 4) is 5.75 Å². The Hall–Kier alpha value is -3.23. The number of carboxylic acid groups (broad SMARTS) is 1. The Morgan fingerprint density at radius 2 is 1.69 bits per heavy atom. The number of phenolic OH excluding ortho intramolecular Hbond substituents is 1. The Balaban J connectivity index is 1.85. The molecular weight excluding hydrogens is 412 g/mol. The van der Waals surface area contributed by atoms with Gasteiger partial charge in [0.2, 0.25) is 11.8 Å². The summed E-state index contributed by atoms with van der Waals surface area (Å²) in [7, 11) is 0. The number of rotatable bonds is 5. The predicted octanol–water partition coefficient (Wildman–Crippen LogP) is 1.84. The fourth-order valence-electron chi connectivity index (χ4n) is 5.00. The number of aryl methyl sites for hydroxylation is 3. The van der Waals surface area contributed by atoms with Crippen LogP contribution in [-0.2, 0) is 20.8 Å². The summed E-state index contributed by atoms with van der Waals surface area (Å²) in [5.74, 6) is -4.73. The van der Waals surface area contributed by atoms with E-state index in [0.717, 1.165) is 16.9 Å². The quantitative estimate of drug-likeness (QED) is 0.525. The van der Waals surface area contributed by atoms with Gasteiger partial charge in [0.05, 0.1) is 24.1 Å². The van der Waals surface area contributed by atoms with Gasteiger partial charge in [-0.1, -0.05) is 31.2 Å². The van der Waals surface area contributed by atoms with Crippen molar-refractivity contribution in [2.75, 3.05) is 11.5 Å². The fraction of sp³-hybridized carbons (Fsp3) is 0.375. The summed E-state index contributed by atoms with van der Waals surface area (Å²) in [5.41, 5.74) is 1.13. The van der Waals surface area contributed by atoms with Crippen LogP contribution in [0.3, 0.4) is 0 Å².